The molecule has 0 amide bonds. The summed E-state index contributed by atoms with van der Waals surface area (Å²) in [4.78, 5) is 38.8. The van der Waals surface area contributed by atoms with Gasteiger partial charge in [-0.25, -0.2) is 4.79 Å². The first-order chi connectivity index (χ1) is 13.5. The van der Waals surface area contributed by atoms with Crippen LogP contribution in [-0.2, 0) is 17.8 Å². The molecule has 0 bridgehead atoms. The first kappa shape index (κ1) is 20.2. The lowest BCUT2D eigenvalue weighted by atomic mass is 10.1. The van der Waals surface area contributed by atoms with Crippen LogP contribution in [0.25, 0.3) is 10.9 Å². The van der Waals surface area contributed by atoms with Crippen molar-refractivity contribution in [3.05, 3.63) is 49.2 Å². The second-order valence-electron chi connectivity index (χ2n) is 6.95. The molecule has 0 N–H and O–H groups in total. The van der Waals surface area contributed by atoms with Crippen molar-refractivity contribution in [2.75, 3.05) is 32.8 Å². The first-order valence-electron chi connectivity index (χ1n) is 9.75. The number of nitro benzene ring substituents is 1. The minimum absolute atomic E-state index is 0.119. The van der Waals surface area contributed by atoms with Crippen LogP contribution in [0.4, 0.5) is 5.69 Å². The molecule has 1 aliphatic rings. The van der Waals surface area contributed by atoms with E-state index >= 15 is 0 Å². The number of aromatic nitrogens is 2. The van der Waals surface area contributed by atoms with Crippen LogP contribution in [0.2, 0.25) is 0 Å². The SMILES string of the molecule is CCOCCn1c(=O)c2cc([N+](=O)[O-])ccc2n(CCN2CCCCC2)c1=O. The van der Waals surface area contributed by atoms with Crippen LogP contribution in [0, 0.1) is 10.1 Å². The maximum atomic E-state index is 13.0. The number of hydrogen-bond donors (Lipinski definition) is 0. The van der Waals surface area contributed by atoms with E-state index in [9.17, 15) is 19.7 Å². The smallest absolute Gasteiger partial charge is 0.331 e. The summed E-state index contributed by atoms with van der Waals surface area (Å²) in [5.41, 5.74) is -0.645. The number of nitrogens with zero attached hydrogens (tertiary/aromatic N) is 4. The van der Waals surface area contributed by atoms with Crippen LogP contribution in [0.5, 0.6) is 0 Å². The Kier molecular flexibility index (Phi) is 6.58. The maximum absolute atomic E-state index is 13.0. The zero-order chi connectivity index (χ0) is 20.1. The molecular weight excluding hydrogens is 364 g/mol. The van der Waals surface area contributed by atoms with Gasteiger partial charge in [0.2, 0.25) is 0 Å². The fourth-order valence-corrected chi connectivity index (χ4v) is 3.66. The predicted octanol–water partition coefficient (Wildman–Crippen LogP) is 1.59. The molecule has 0 radical (unpaired) electrons. The summed E-state index contributed by atoms with van der Waals surface area (Å²) < 4.78 is 7.97. The van der Waals surface area contributed by atoms with Gasteiger partial charge in [0.15, 0.2) is 0 Å². The summed E-state index contributed by atoms with van der Waals surface area (Å²) in [6.45, 7) is 5.81. The maximum Gasteiger partial charge on any atom is 0.331 e. The van der Waals surface area contributed by atoms with E-state index in [0.29, 0.717) is 25.2 Å². The number of ether oxygens (including phenoxy) is 1. The number of benzene rings is 1. The van der Waals surface area contributed by atoms with Gasteiger partial charge in [-0.3, -0.25) is 24.0 Å². The van der Waals surface area contributed by atoms with Gasteiger partial charge in [-0.15, -0.1) is 0 Å². The number of rotatable bonds is 8. The molecule has 2 heterocycles. The van der Waals surface area contributed by atoms with Crippen LogP contribution in [0.1, 0.15) is 26.2 Å². The summed E-state index contributed by atoms with van der Waals surface area (Å²) >= 11 is 0. The van der Waals surface area contributed by atoms with Gasteiger partial charge in [0.05, 0.1) is 29.0 Å². The van der Waals surface area contributed by atoms with E-state index in [2.05, 4.69) is 4.90 Å². The van der Waals surface area contributed by atoms with Crippen LogP contribution in [0.3, 0.4) is 0 Å². The number of fused-ring (bicyclic) bond motifs is 1. The minimum atomic E-state index is -0.535. The molecule has 0 saturated carbocycles. The largest absolute Gasteiger partial charge is 0.380 e. The Morgan fingerprint density at radius 1 is 1.07 bits per heavy atom. The van der Waals surface area contributed by atoms with Crippen molar-refractivity contribution in [3.8, 4) is 0 Å². The van der Waals surface area contributed by atoms with Crippen molar-refractivity contribution < 1.29 is 9.66 Å². The number of nitro groups is 1. The van der Waals surface area contributed by atoms with Gasteiger partial charge in [-0.05, 0) is 38.9 Å². The molecule has 28 heavy (non-hydrogen) atoms. The number of hydrogen-bond acceptors (Lipinski definition) is 6. The second kappa shape index (κ2) is 9.11. The van der Waals surface area contributed by atoms with E-state index in [-0.39, 0.29) is 24.2 Å². The van der Waals surface area contributed by atoms with Crippen molar-refractivity contribution in [2.24, 2.45) is 0 Å². The standard InChI is InChI=1S/C19H26N4O5/c1-2-28-13-12-22-18(24)16-14-15(23(26)27)6-7-17(16)21(19(22)25)11-10-20-8-4-3-5-9-20/h6-7,14H,2-5,8-13H2,1H3. The van der Waals surface area contributed by atoms with E-state index in [4.69, 9.17) is 4.74 Å². The highest BCUT2D eigenvalue weighted by Gasteiger charge is 2.18. The summed E-state index contributed by atoms with van der Waals surface area (Å²) in [5.74, 6) is 0. The van der Waals surface area contributed by atoms with Gasteiger partial charge in [-0.2, -0.15) is 0 Å². The Bertz CT molecular complexity index is 959. The Morgan fingerprint density at radius 2 is 1.82 bits per heavy atom. The summed E-state index contributed by atoms with van der Waals surface area (Å²) in [6.07, 6.45) is 3.52. The Hall–Kier alpha value is -2.52. The molecule has 1 aliphatic heterocycles. The zero-order valence-corrected chi connectivity index (χ0v) is 16.1. The van der Waals surface area contributed by atoms with E-state index in [1.54, 1.807) is 4.57 Å². The van der Waals surface area contributed by atoms with E-state index < -0.39 is 16.2 Å². The van der Waals surface area contributed by atoms with Gasteiger partial charge in [0.1, 0.15) is 0 Å². The molecular formula is C19H26N4O5. The van der Waals surface area contributed by atoms with Crippen molar-refractivity contribution in [1.29, 1.82) is 0 Å². The highest BCUT2D eigenvalue weighted by molar-refractivity contribution is 5.80. The average Bonchev–Trinajstić information content (AvgIpc) is 2.71. The van der Waals surface area contributed by atoms with Crippen molar-refractivity contribution in [1.82, 2.24) is 14.0 Å². The summed E-state index contributed by atoms with van der Waals surface area (Å²) in [6, 6.07) is 4.09. The molecule has 3 rings (SSSR count). The third-order valence-corrected chi connectivity index (χ3v) is 5.17. The fourth-order valence-electron chi connectivity index (χ4n) is 3.66. The molecule has 1 aromatic carbocycles. The second-order valence-corrected chi connectivity index (χ2v) is 6.95. The van der Waals surface area contributed by atoms with Crippen LogP contribution in [0.15, 0.2) is 27.8 Å². The summed E-state index contributed by atoms with van der Waals surface area (Å²) in [5, 5.41) is 11.3. The lowest BCUT2D eigenvalue weighted by molar-refractivity contribution is -0.384. The van der Waals surface area contributed by atoms with Crippen molar-refractivity contribution in [3.63, 3.8) is 0 Å². The van der Waals surface area contributed by atoms with Crippen LogP contribution >= 0.6 is 0 Å². The zero-order valence-electron chi connectivity index (χ0n) is 16.1. The van der Waals surface area contributed by atoms with Crippen molar-refractivity contribution >= 4 is 16.6 Å². The highest BCUT2D eigenvalue weighted by Crippen LogP contribution is 2.17. The number of piperidine rings is 1. The van der Waals surface area contributed by atoms with E-state index in [1.165, 1.54) is 24.6 Å². The van der Waals surface area contributed by atoms with E-state index in [0.717, 1.165) is 30.5 Å². The molecule has 0 unspecified atom stereocenters. The molecule has 9 nitrogen and oxygen atoms in total. The van der Waals surface area contributed by atoms with Gasteiger partial charge in [-0.1, -0.05) is 6.42 Å². The third kappa shape index (κ3) is 4.31. The average molecular weight is 390 g/mol. The molecule has 9 heteroatoms. The third-order valence-electron chi connectivity index (χ3n) is 5.17. The molecule has 0 atom stereocenters. The lowest BCUT2D eigenvalue weighted by Gasteiger charge is -2.27. The first-order valence-corrected chi connectivity index (χ1v) is 9.75. The highest BCUT2D eigenvalue weighted by atomic mass is 16.6. The Balaban J connectivity index is 2.04. The van der Waals surface area contributed by atoms with E-state index in [1.807, 2.05) is 6.92 Å². The fraction of sp³-hybridized carbons (Fsp3) is 0.579. The Labute approximate surface area is 162 Å². The monoisotopic (exact) mass is 390 g/mol. The lowest BCUT2D eigenvalue weighted by Crippen LogP contribution is -2.43. The van der Waals surface area contributed by atoms with Gasteiger partial charge < -0.3 is 9.64 Å². The molecule has 152 valence electrons. The van der Waals surface area contributed by atoms with Crippen LogP contribution in [-0.4, -0.2) is 51.8 Å². The van der Waals surface area contributed by atoms with Gasteiger partial charge in [0, 0.05) is 31.8 Å². The predicted molar refractivity (Wildman–Crippen MR) is 106 cm³/mol. The normalized spacial score (nSPS) is 15.2. The molecule has 1 fully saturated rings. The van der Waals surface area contributed by atoms with Gasteiger partial charge >= 0.3 is 5.69 Å². The quantitative estimate of drug-likeness (QED) is 0.386. The topological polar surface area (TPSA) is 99.6 Å². The molecule has 1 aromatic heterocycles. The minimum Gasteiger partial charge on any atom is -0.380 e. The molecule has 0 spiro atoms. The number of non-ortho nitro benzene ring substituents is 1. The Morgan fingerprint density at radius 3 is 2.50 bits per heavy atom. The number of likely N-dealkylation sites (tertiary alicyclic amines) is 1. The van der Waals surface area contributed by atoms with Gasteiger partial charge in [0.25, 0.3) is 11.2 Å². The molecule has 2 aromatic rings. The molecule has 0 aliphatic carbocycles. The summed E-state index contributed by atoms with van der Waals surface area (Å²) in [7, 11) is 0. The van der Waals surface area contributed by atoms with Crippen LogP contribution < -0.4 is 11.2 Å². The van der Waals surface area contributed by atoms with Crippen molar-refractivity contribution in [2.45, 2.75) is 39.3 Å². The molecule has 1 saturated heterocycles.